The first-order valence-corrected chi connectivity index (χ1v) is 31.0. The van der Waals surface area contributed by atoms with E-state index in [1.807, 2.05) is 0 Å². The Kier molecular flexibility index (Phi) is 64.1. The Morgan fingerprint density at radius 2 is 0.571 bits per heavy atom. The van der Waals surface area contributed by atoms with Crippen molar-refractivity contribution in [3.05, 3.63) is 109 Å². The molecule has 2 rings (SSSR count). The van der Waals surface area contributed by atoms with Gasteiger partial charge in [-0.25, -0.2) is 9.59 Å². The number of hydrogen-bond acceptors (Lipinski definition) is 8. The van der Waals surface area contributed by atoms with Crippen LogP contribution in [0.1, 0.15) is 326 Å². The minimum atomic E-state index is -1.36. The molecule has 2 aromatic carbocycles. The standard InChI is InChI=1S/2C26H40O4.2C8H17.Sn/c2*1-2-3-4-5-6-7-8-9-10-11-12-13-14-15-16-19-22-30-26(29)24-21-18-17-20-23(24)25(27)28;2*1-3-5-7-8-6-4-2;/h2*11-12,17-18,20-21H,2-10,13-16,19,22H2,1H3,(H,27,28);2*1,3-8H2,2H3;/q;;;;+2/p-2/b2*12-11+;;;. The number of aromatic carboxylic acids is 2. The van der Waals surface area contributed by atoms with Gasteiger partial charge in [0.05, 0.1) is 36.3 Å². The first-order valence-electron chi connectivity index (χ1n) is 31.0. The number of carboxylic acids is 2. The third kappa shape index (κ3) is 53.0. The number of ether oxygens (including phenoxy) is 2. The van der Waals surface area contributed by atoms with Gasteiger partial charge < -0.3 is 29.3 Å². The second-order valence-corrected chi connectivity index (χ2v) is 20.3. The predicted octanol–water partition coefficient (Wildman–Crippen LogP) is 18.5. The molecule has 0 aromatic heterocycles. The van der Waals surface area contributed by atoms with Crippen molar-refractivity contribution in [2.45, 2.75) is 285 Å². The number of hydrogen-bond donors (Lipinski definition) is 0. The number of esters is 2. The second-order valence-electron chi connectivity index (χ2n) is 20.3. The van der Waals surface area contributed by atoms with E-state index < -0.39 is 23.9 Å². The molecule has 2 aromatic rings. The molecule has 0 heterocycles. The summed E-state index contributed by atoms with van der Waals surface area (Å²) in [4.78, 5) is 46.1. The number of rotatable bonds is 46. The van der Waals surface area contributed by atoms with Gasteiger partial charge in [0.2, 0.25) is 0 Å². The van der Waals surface area contributed by atoms with Crippen LogP contribution in [0.25, 0.3) is 0 Å². The van der Waals surface area contributed by atoms with Gasteiger partial charge in [-0.1, -0.05) is 295 Å². The van der Waals surface area contributed by atoms with Crippen LogP contribution in [-0.4, -0.2) is 61.0 Å². The van der Waals surface area contributed by atoms with Gasteiger partial charge in [-0.15, -0.1) is 0 Å². The summed E-state index contributed by atoms with van der Waals surface area (Å²) in [5, 5.41) is 22.1. The van der Waals surface area contributed by atoms with E-state index in [0.29, 0.717) is 13.2 Å². The Morgan fingerprint density at radius 1 is 0.351 bits per heavy atom. The Morgan fingerprint density at radius 3 is 0.818 bits per heavy atom. The fourth-order valence-corrected chi connectivity index (χ4v) is 8.42. The Labute approximate surface area is 490 Å². The van der Waals surface area contributed by atoms with Crippen molar-refractivity contribution in [2.75, 3.05) is 13.2 Å². The van der Waals surface area contributed by atoms with Crippen LogP contribution in [0, 0.1) is 13.8 Å². The van der Waals surface area contributed by atoms with Crippen LogP contribution in [0.3, 0.4) is 0 Å². The summed E-state index contributed by atoms with van der Waals surface area (Å²) in [6.07, 6.45) is 59.7. The van der Waals surface area contributed by atoms with Crippen molar-refractivity contribution in [3.63, 3.8) is 0 Å². The van der Waals surface area contributed by atoms with Crippen molar-refractivity contribution < 1.29 is 38.9 Å². The zero-order valence-corrected chi connectivity index (χ0v) is 52.7. The number of unbranched alkanes of at least 4 members (excludes halogenated alkanes) is 34. The molecule has 0 N–H and O–H groups in total. The molecule has 77 heavy (non-hydrogen) atoms. The molecular formula is C68H112O8Sn. The zero-order valence-electron chi connectivity index (χ0n) is 49.8. The molecule has 0 saturated carbocycles. The molecule has 0 bridgehead atoms. The topological polar surface area (TPSA) is 133 Å². The fourth-order valence-electron chi connectivity index (χ4n) is 8.42. The van der Waals surface area contributed by atoms with Crippen LogP contribution < -0.4 is 10.2 Å². The molecule has 0 fully saturated rings. The smallest absolute Gasteiger partial charge is 0.545 e. The zero-order chi connectivity index (χ0) is 56.2. The van der Waals surface area contributed by atoms with Crippen LogP contribution in [0.15, 0.2) is 72.8 Å². The van der Waals surface area contributed by atoms with Gasteiger partial charge >= 0.3 is 35.8 Å². The van der Waals surface area contributed by atoms with Gasteiger partial charge in [-0.05, 0) is 76.3 Å². The Hall–Kier alpha value is -3.40. The van der Waals surface area contributed by atoms with Gasteiger partial charge in [-0.2, -0.15) is 0 Å². The summed E-state index contributed by atoms with van der Waals surface area (Å²) >= 11 is 0. The summed E-state index contributed by atoms with van der Waals surface area (Å²) in [6.45, 7) is 17.2. The maximum absolute atomic E-state index is 12.0. The molecule has 0 amide bonds. The van der Waals surface area contributed by atoms with Crippen molar-refractivity contribution in [3.8, 4) is 0 Å². The van der Waals surface area contributed by atoms with Crippen molar-refractivity contribution in [1.82, 2.24) is 0 Å². The molecule has 9 heteroatoms. The summed E-state index contributed by atoms with van der Waals surface area (Å²) in [6, 6.07) is 12.0. The first kappa shape index (κ1) is 77.8. The summed E-state index contributed by atoms with van der Waals surface area (Å²) < 4.78 is 10.4. The van der Waals surface area contributed by atoms with E-state index in [-0.39, 0.29) is 46.2 Å². The Bertz CT molecular complexity index is 1540. The van der Waals surface area contributed by atoms with Crippen LogP contribution in [-0.2, 0) is 9.47 Å². The monoisotopic (exact) mass is 1180 g/mol. The first-order chi connectivity index (χ1) is 37.2. The molecule has 0 unspecified atom stereocenters. The minimum Gasteiger partial charge on any atom is -0.545 e. The average Bonchev–Trinajstić information content (AvgIpc) is 3.43. The van der Waals surface area contributed by atoms with Gasteiger partial charge in [0, 0.05) is 11.1 Å². The van der Waals surface area contributed by atoms with E-state index in [9.17, 15) is 29.4 Å². The van der Waals surface area contributed by atoms with E-state index >= 15 is 0 Å². The van der Waals surface area contributed by atoms with Crippen LogP contribution in [0.5, 0.6) is 0 Å². The molecule has 8 nitrogen and oxygen atoms in total. The van der Waals surface area contributed by atoms with E-state index in [1.54, 1.807) is 24.3 Å². The van der Waals surface area contributed by atoms with Gasteiger partial charge in [-0.3, -0.25) is 0 Å². The summed E-state index contributed by atoms with van der Waals surface area (Å²) in [7, 11) is 0. The summed E-state index contributed by atoms with van der Waals surface area (Å²) in [5.74, 6) is -3.92. The average molecular weight is 1180 g/mol. The van der Waals surface area contributed by atoms with Crippen molar-refractivity contribution >= 4 is 47.8 Å². The summed E-state index contributed by atoms with van der Waals surface area (Å²) in [5.41, 5.74) is -0.138. The van der Waals surface area contributed by atoms with E-state index in [2.05, 4.69) is 65.8 Å². The van der Waals surface area contributed by atoms with Crippen molar-refractivity contribution in [1.29, 1.82) is 0 Å². The number of allylic oxidation sites excluding steroid dienone is 4. The molecule has 0 saturated heterocycles. The van der Waals surface area contributed by atoms with Gasteiger partial charge in [0.25, 0.3) is 0 Å². The maximum atomic E-state index is 12.0. The van der Waals surface area contributed by atoms with Gasteiger partial charge in [0.1, 0.15) is 0 Å². The molecule has 0 aliphatic heterocycles. The number of carbonyl (C=O) groups is 4. The number of benzene rings is 2. The minimum absolute atomic E-state index is 0. The largest absolute Gasteiger partial charge is 2.00 e. The molecule has 0 spiro atoms. The van der Waals surface area contributed by atoms with Crippen LogP contribution in [0.4, 0.5) is 0 Å². The number of carbonyl (C=O) groups excluding carboxylic acids is 4. The molecule has 0 atom stereocenters. The van der Waals surface area contributed by atoms with Gasteiger partial charge in [0.15, 0.2) is 0 Å². The molecule has 0 aliphatic rings. The van der Waals surface area contributed by atoms with E-state index in [1.165, 1.54) is 204 Å². The SMILES string of the molecule is CCCCCCCCCC/C=C/CCCCCCOC(=O)c1ccccc1C(=O)[O-].CCCCCCCCCC/C=C/CCCCCCOC(=O)c1ccccc1C(=O)[O-].[CH2]CCCCCCC.[CH2]CCCCCCC.[Sn+2]. The molecular weight excluding hydrogens is 1060 g/mol. The molecule has 436 valence electrons. The Balaban J connectivity index is -0.00000109. The second kappa shape index (κ2) is 63.4. The van der Waals surface area contributed by atoms with Crippen LogP contribution >= 0.6 is 0 Å². The molecule has 4 radical (unpaired) electrons. The third-order valence-corrected chi connectivity index (χ3v) is 13.2. The predicted molar refractivity (Wildman–Crippen MR) is 324 cm³/mol. The quantitative estimate of drug-likeness (QED) is 0.0277. The van der Waals surface area contributed by atoms with E-state index in [0.717, 1.165) is 77.0 Å². The molecule has 0 aliphatic carbocycles. The van der Waals surface area contributed by atoms with Crippen molar-refractivity contribution in [2.24, 2.45) is 0 Å². The maximum Gasteiger partial charge on any atom is 2.00 e. The normalized spacial score (nSPS) is 10.7. The third-order valence-electron chi connectivity index (χ3n) is 13.2. The van der Waals surface area contributed by atoms with E-state index in [4.69, 9.17) is 9.47 Å². The van der Waals surface area contributed by atoms with Crippen LogP contribution in [0.2, 0.25) is 0 Å². The fraction of sp³-hybridized carbons (Fsp3) is 0.676. The number of carboxylic acid groups (broad SMARTS) is 2.